The van der Waals surface area contributed by atoms with Gasteiger partial charge >= 0.3 is 5.97 Å². The van der Waals surface area contributed by atoms with Crippen LogP contribution in [0.2, 0.25) is 0 Å². The molecule has 146 valence electrons. The Bertz CT molecular complexity index is 1020. The van der Waals surface area contributed by atoms with Crippen molar-refractivity contribution in [3.05, 3.63) is 30.6 Å². The molecule has 3 heterocycles. The van der Waals surface area contributed by atoms with Crippen molar-refractivity contribution < 1.29 is 18.7 Å². The van der Waals surface area contributed by atoms with Gasteiger partial charge in [-0.2, -0.15) is 0 Å². The molecule has 1 aromatic carbocycles. The van der Waals surface area contributed by atoms with Crippen LogP contribution in [-0.2, 0) is 14.3 Å². The van der Waals surface area contributed by atoms with Crippen LogP contribution in [0.1, 0.15) is 26.2 Å². The van der Waals surface area contributed by atoms with Gasteiger partial charge in [-0.3, -0.25) is 4.79 Å². The van der Waals surface area contributed by atoms with Crippen molar-refractivity contribution in [3.63, 3.8) is 0 Å². The maximum absolute atomic E-state index is 12.8. The van der Waals surface area contributed by atoms with Crippen molar-refractivity contribution in [2.45, 2.75) is 37.3 Å². The second-order valence-corrected chi connectivity index (χ2v) is 7.56. The Labute approximate surface area is 166 Å². The fourth-order valence-electron chi connectivity index (χ4n) is 3.53. The number of fused-ring (bicyclic) bond motifs is 3. The maximum Gasteiger partial charge on any atom is 0.328 e. The average molecular weight is 399 g/mol. The van der Waals surface area contributed by atoms with Gasteiger partial charge in [-0.1, -0.05) is 23.9 Å². The molecule has 0 N–H and O–H groups in total. The molecule has 1 atom stereocenters. The zero-order chi connectivity index (χ0) is 19.5. The number of carbonyl (C=O) groups excluding carboxylic acids is 2. The Morgan fingerprint density at radius 3 is 3.00 bits per heavy atom. The molecule has 1 aliphatic rings. The second-order valence-electron chi connectivity index (χ2n) is 6.59. The number of amides is 1. The molecule has 3 aromatic rings. The lowest BCUT2D eigenvalue weighted by atomic mass is 10.0. The van der Waals surface area contributed by atoms with Crippen LogP contribution in [0.4, 0.5) is 0 Å². The van der Waals surface area contributed by atoms with Crippen molar-refractivity contribution in [1.29, 1.82) is 0 Å². The van der Waals surface area contributed by atoms with E-state index in [1.54, 1.807) is 11.8 Å². The van der Waals surface area contributed by atoms with Crippen LogP contribution >= 0.6 is 11.8 Å². The van der Waals surface area contributed by atoms with Gasteiger partial charge in [-0.05, 0) is 38.3 Å². The summed E-state index contributed by atoms with van der Waals surface area (Å²) in [6.07, 6.45) is 3.95. The van der Waals surface area contributed by atoms with Gasteiger partial charge in [0.25, 0.3) is 0 Å². The number of rotatable bonds is 5. The van der Waals surface area contributed by atoms with E-state index in [0.717, 1.165) is 29.3 Å². The minimum atomic E-state index is -0.488. The number of furan rings is 1. The predicted molar refractivity (Wildman–Crippen MR) is 106 cm³/mol. The molecule has 1 saturated heterocycles. The highest BCUT2D eigenvalue weighted by Crippen LogP contribution is 2.32. The standard InChI is InChI=1S/C20H21N3O4S/c1-2-26-20(25)14-8-5-6-10-23(14)16(24)11-28-19-18-17(21-12-22-19)13-7-3-4-9-15(13)27-18/h3-4,7,9,12,14H,2,5-6,8,10-11H2,1H3/t14-/m1/s1. The molecule has 0 radical (unpaired) electrons. The first-order chi connectivity index (χ1) is 13.7. The van der Waals surface area contributed by atoms with Gasteiger partial charge in [0.05, 0.1) is 12.4 Å². The average Bonchev–Trinajstić information content (AvgIpc) is 3.11. The summed E-state index contributed by atoms with van der Waals surface area (Å²) in [6.45, 7) is 2.67. The molecule has 0 spiro atoms. The zero-order valence-electron chi connectivity index (χ0n) is 15.6. The fourth-order valence-corrected chi connectivity index (χ4v) is 4.35. The summed E-state index contributed by atoms with van der Waals surface area (Å²) in [7, 11) is 0. The van der Waals surface area contributed by atoms with Gasteiger partial charge in [0, 0.05) is 11.9 Å². The van der Waals surface area contributed by atoms with Gasteiger partial charge in [0.1, 0.15) is 28.5 Å². The number of likely N-dealkylation sites (tertiary alicyclic amines) is 1. The molecule has 1 aliphatic heterocycles. The Morgan fingerprint density at radius 2 is 2.14 bits per heavy atom. The van der Waals surface area contributed by atoms with Gasteiger partial charge in [-0.15, -0.1) is 0 Å². The predicted octanol–water partition coefficient (Wildman–Crippen LogP) is 3.41. The normalized spacial score (nSPS) is 17.2. The molecule has 0 unspecified atom stereocenters. The molecular formula is C20H21N3O4S. The number of thioether (sulfide) groups is 1. The molecular weight excluding hydrogens is 378 g/mol. The molecule has 0 bridgehead atoms. The molecule has 28 heavy (non-hydrogen) atoms. The number of hydrogen-bond donors (Lipinski definition) is 0. The molecule has 1 fully saturated rings. The lowest BCUT2D eigenvalue weighted by Crippen LogP contribution is -2.49. The largest absolute Gasteiger partial charge is 0.464 e. The summed E-state index contributed by atoms with van der Waals surface area (Å²) in [5.41, 5.74) is 2.06. The highest BCUT2D eigenvalue weighted by molar-refractivity contribution is 8.00. The minimum absolute atomic E-state index is 0.0920. The van der Waals surface area contributed by atoms with Gasteiger partial charge in [-0.25, -0.2) is 14.8 Å². The summed E-state index contributed by atoms with van der Waals surface area (Å²) in [5, 5.41) is 1.55. The van der Waals surface area contributed by atoms with E-state index in [0.29, 0.717) is 30.2 Å². The number of para-hydroxylation sites is 1. The van der Waals surface area contributed by atoms with E-state index >= 15 is 0 Å². The quantitative estimate of drug-likeness (QED) is 0.369. The SMILES string of the molecule is CCOC(=O)[C@H]1CCCCN1C(=O)CSc1ncnc2c1oc1ccccc12. The summed E-state index contributed by atoms with van der Waals surface area (Å²) >= 11 is 1.31. The van der Waals surface area contributed by atoms with Crippen molar-refractivity contribution in [2.75, 3.05) is 18.9 Å². The third kappa shape index (κ3) is 3.56. The number of benzene rings is 1. The van der Waals surface area contributed by atoms with Crippen molar-refractivity contribution in [2.24, 2.45) is 0 Å². The first-order valence-corrected chi connectivity index (χ1v) is 10.4. The topological polar surface area (TPSA) is 85.5 Å². The lowest BCUT2D eigenvalue weighted by molar-refractivity contribution is -0.155. The number of carbonyl (C=O) groups is 2. The van der Waals surface area contributed by atoms with Crippen LogP contribution in [0.15, 0.2) is 40.0 Å². The number of aromatic nitrogens is 2. The van der Waals surface area contributed by atoms with Crippen LogP contribution in [0.25, 0.3) is 22.1 Å². The van der Waals surface area contributed by atoms with E-state index in [4.69, 9.17) is 9.15 Å². The lowest BCUT2D eigenvalue weighted by Gasteiger charge is -2.33. The third-order valence-electron chi connectivity index (χ3n) is 4.84. The summed E-state index contributed by atoms with van der Waals surface area (Å²) < 4.78 is 11.0. The van der Waals surface area contributed by atoms with Crippen LogP contribution in [0, 0.1) is 0 Å². The number of piperidine rings is 1. The van der Waals surface area contributed by atoms with Crippen LogP contribution in [0.5, 0.6) is 0 Å². The van der Waals surface area contributed by atoms with Crippen LogP contribution < -0.4 is 0 Å². The molecule has 2 aromatic heterocycles. The second kappa shape index (κ2) is 8.18. The van der Waals surface area contributed by atoms with Crippen molar-refractivity contribution >= 4 is 45.7 Å². The van der Waals surface area contributed by atoms with E-state index in [2.05, 4.69) is 9.97 Å². The summed E-state index contributed by atoms with van der Waals surface area (Å²) in [4.78, 5) is 35.3. The van der Waals surface area contributed by atoms with Gasteiger partial charge in [0.15, 0.2) is 5.58 Å². The first kappa shape index (κ1) is 18.7. The molecule has 1 amide bonds. The van der Waals surface area contributed by atoms with Crippen LogP contribution in [0.3, 0.4) is 0 Å². The van der Waals surface area contributed by atoms with Crippen LogP contribution in [-0.4, -0.2) is 51.7 Å². The Morgan fingerprint density at radius 1 is 1.29 bits per heavy atom. The van der Waals surface area contributed by atoms with Gasteiger partial charge < -0.3 is 14.1 Å². The molecule has 0 saturated carbocycles. The first-order valence-electron chi connectivity index (χ1n) is 9.40. The summed E-state index contributed by atoms with van der Waals surface area (Å²) in [6, 6.07) is 7.18. The Balaban J connectivity index is 1.52. The van der Waals surface area contributed by atoms with Crippen molar-refractivity contribution in [3.8, 4) is 0 Å². The molecule has 8 heteroatoms. The monoisotopic (exact) mass is 399 g/mol. The molecule has 0 aliphatic carbocycles. The number of esters is 1. The van der Waals surface area contributed by atoms with E-state index in [1.165, 1.54) is 18.1 Å². The number of hydrogen-bond acceptors (Lipinski definition) is 7. The molecule has 7 nitrogen and oxygen atoms in total. The maximum atomic E-state index is 12.8. The highest BCUT2D eigenvalue weighted by atomic mass is 32.2. The number of ether oxygens (including phenoxy) is 1. The van der Waals surface area contributed by atoms with E-state index in [-0.39, 0.29) is 17.6 Å². The Kier molecular flexibility index (Phi) is 5.47. The highest BCUT2D eigenvalue weighted by Gasteiger charge is 2.33. The van der Waals surface area contributed by atoms with Crippen molar-refractivity contribution in [1.82, 2.24) is 14.9 Å². The Hall–Kier alpha value is -2.61. The molecule has 4 rings (SSSR count). The number of nitrogens with zero attached hydrogens (tertiary/aromatic N) is 3. The minimum Gasteiger partial charge on any atom is -0.464 e. The van der Waals surface area contributed by atoms with Gasteiger partial charge in [0.2, 0.25) is 5.91 Å². The summed E-state index contributed by atoms with van der Waals surface area (Å²) in [5.74, 6) is -0.230. The zero-order valence-corrected chi connectivity index (χ0v) is 16.4. The van der Waals surface area contributed by atoms with E-state index in [9.17, 15) is 9.59 Å². The van der Waals surface area contributed by atoms with E-state index < -0.39 is 6.04 Å². The van der Waals surface area contributed by atoms with E-state index in [1.807, 2.05) is 24.3 Å². The smallest absolute Gasteiger partial charge is 0.328 e. The fraction of sp³-hybridized carbons (Fsp3) is 0.400. The third-order valence-corrected chi connectivity index (χ3v) is 5.80.